The molecule has 188 valence electrons. The zero-order valence-electron chi connectivity index (χ0n) is 21.0. The molecule has 1 N–H and O–H groups in total. The number of aromatic nitrogens is 10. The Kier molecular flexibility index (Phi) is 5.91. The second kappa shape index (κ2) is 9.52. The van der Waals surface area contributed by atoms with Crippen molar-refractivity contribution in [3.05, 3.63) is 66.7 Å². The van der Waals surface area contributed by atoms with Crippen LogP contribution in [0.4, 0.5) is 17.5 Å². The number of pyridine rings is 1. The third kappa shape index (κ3) is 4.46. The van der Waals surface area contributed by atoms with Crippen LogP contribution in [0.2, 0.25) is 0 Å². The molecule has 1 saturated heterocycles. The molecule has 5 aromatic heterocycles. The highest BCUT2D eigenvalue weighted by molar-refractivity contribution is 5.70. The van der Waals surface area contributed by atoms with Crippen molar-refractivity contribution in [2.24, 2.45) is 0 Å². The van der Waals surface area contributed by atoms with E-state index in [0.717, 1.165) is 54.6 Å². The van der Waals surface area contributed by atoms with Crippen LogP contribution in [-0.4, -0.2) is 62.4 Å². The normalized spacial score (nSPS) is 14.5. The molecule has 0 aromatic carbocycles. The van der Waals surface area contributed by atoms with Crippen LogP contribution in [0.15, 0.2) is 49.6 Å². The Hall–Kier alpha value is -4.48. The Morgan fingerprint density at radius 3 is 2.54 bits per heavy atom. The van der Waals surface area contributed by atoms with Gasteiger partial charge in [0.2, 0.25) is 11.6 Å². The lowest BCUT2D eigenvalue weighted by atomic mass is 9.96. The zero-order valence-corrected chi connectivity index (χ0v) is 21.0. The maximum Gasteiger partial charge on any atom is 0.225 e. The van der Waals surface area contributed by atoms with Crippen molar-refractivity contribution >= 4 is 23.1 Å². The van der Waals surface area contributed by atoms with Gasteiger partial charge in [-0.1, -0.05) is 13.8 Å². The lowest BCUT2D eigenvalue weighted by Gasteiger charge is -2.31. The van der Waals surface area contributed by atoms with Crippen LogP contribution in [-0.2, 0) is 0 Å². The molecule has 0 radical (unpaired) electrons. The molecule has 6 heterocycles. The first-order chi connectivity index (χ1) is 18.1. The predicted molar refractivity (Wildman–Crippen MR) is 138 cm³/mol. The van der Waals surface area contributed by atoms with Crippen molar-refractivity contribution in [3.8, 4) is 5.82 Å². The number of rotatable bonds is 6. The molecule has 1 aliphatic rings. The van der Waals surface area contributed by atoms with E-state index < -0.39 is 0 Å². The van der Waals surface area contributed by atoms with Gasteiger partial charge in [-0.25, -0.2) is 29.6 Å². The molecule has 1 aliphatic heterocycles. The summed E-state index contributed by atoms with van der Waals surface area (Å²) in [6.45, 7) is 7.99. The van der Waals surface area contributed by atoms with Crippen molar-refractivity contribution in [1.82, 2.24) is 49.3 Å². The highest BCUT2D eigenvalue weighted by atomic mass is 15.3. The van der Waals surface area contributed by atoms with Crippen molar-refractivity contribution in [1.29, 1.82) is 0 Å². The molecule has 0 atom stereocenters. The van der Waals surface area contributed by atoms with Crippen LogP contribution < -0.4 is 10.2 Å². The van der Waals surface area contributed by atoms with Crippen LogP contribution in [0.1, 0.15) is 55.6 Å². The van der Waals surface area contributed by atoms with Gasteiger partial charge in [0.1, 0.15) is 18.5 Å². The van der Waals surface area contributed by atoms with Gasteiger partial charge in [0.25, 0.3) is 0 Å². The highest BCUT2D eigenvalue weighted by Gasteiger charge is 2.26. The summed E-state index contributed by atoms with van der Waals surface area (Å²) in [5.74, 6) is 3.80. The fourth-order valence-electron chi connectivity index (χ4n) is 4.60. The molecule has 5 aromatic rings. The Bertz CT molecular complexity index is 1500. The smallest absolute Gasteiger partial charge is 0.225 e. The molecule has 12 heteroatoms. The molecule has 0 aliphatic carbocycles. The fourth-order valence-corrected chi connectivity index (χ4v) is 4.60. The summed E-state index contributed by atoms with van der Waals surface area (Å²) in [7, 11) is 0. The van der Waals surface area contributed by atoms with Gasteiger partial charge in [-0.3, -0.25) is 4.40 Å². The SMILES string of the molecule is Cc1nc(-n2cncn2)ccc1Nc1nccn2c(C3CCN(c4ncc(C(C)C)cn4)CC3)nnc12. The van der Waals surface area contributed by atoms with E-state index in [-0.39, 0.29) is 0 Å². The Morgan fingerprint density at radius 2 is 1.84 bits per heavy atom. The average molecular weight is 497 g/mol. The molecule has 0 unspecified atom stereocenters. The minimum Gasteiger partial charge on any atom is -0.341 e. The van der Waals surface area contributed by atoms with Crippen LogP contribution in [0.25, 0.3) is 11.5 Å². The van der Waals surface area contributed by atoms with E-state index in [1.165, 1.54) is 6.33 Å². The number of aryl methyl sites for hydroxylation is 1. The van der Waals surface area contributed by atoms with Gasteiger partial charge in [-0.2, -0.15) is 5.10 Å². The number of fused-ring (bicyclic) bond motifs is 1. The highest BCUT2D eigenvalue weighted by Crippen LogP contribution is 2.30. The monoisotopic (exact) mass is 496 g/mol. The van der Waals surface area contributed by atoms with E-state index in [0.29, 0.717) is 29.1 Å². The van der Waals surface area contributed by atoms with Gasteiger partial charge in [0.05, 0.1) is 11.4 Å². The Labute approximate surface area is 213 Å². The van der Waals surface area contributed by atoms with Crippen molar-refractivity contribution in [2.45, 2.75) is 45.4 Å². The van der Waals surface area contributed by atoms with E-state index in [9.17, 15) is 0 Å². The van der Waals surface area contributed by atoms with E-state index in [1.54, 1.807) is 17.2 Å². The minimum atomic E-state index is 0.293. The second-order valence-electron chi connectivity index (χ2n) is 9.53. The summed E-state index contributed by atoms with van der Waals surface area (Å²) in [6, 6.07) is 3.83. The summed E-state index contributed by atoms with van der Waals surface area (Å²) in [4.78, 5) is 24.6. The third-order valence-electron chi connectivity index (χ3n) is 6.80. The lowest BCUT2D eigenvalue weighted by molar-refractivity contribution is 0.477. The van der Waals surface area contributed by atoms with Crippen LogP contribution in [0.5, 0.6) is 0 Å². The van der Waals surface area contributed by atoms with Crippen LogP contribution in [0, 0.1) is 6.92 Å². The van der Waals surface area contributed by atoms with Gasteiger partial charge in [0.15, 0.2) is 11.6 Å². The molecule has 1 fully saturated rings. The van der Waals surface area contributed by atoms with E-state index in [2.05, 4.69) is 64.3 Å². The Balaban J connectivity index is 1.18. The maximum absolute atomic E-state index is 4.63. The topological polar surface area (TPSA) is 128 Å². The molecule has 6 rings (SSSR count). The number of anilines is 3. The lowest BCUT2D eigenvalue weighted by Crippen LogP contribution is -2.34. The first kappa shape index (κ1) is 23.0. The van der Waals surface area contributed by atoms with Gasteiger partial charge in [-0.15, -0.1) is 10.2 Å². The van der Waals surface area contributed by atoms with Crippen molar-refractivity contribution < 1.29 is 0 Å². The quantitative estimate of drug-likeness (QED) is 0.373. The molecular formula is C25H28N12. The number of nitrogens with zero attached hydrogens (tertiary/aromatic N) is 11. The standard InChI is InChI=1S/C25H28N12/c1-16(2)19-12-28-25(29-13-19)35-9-6-18(7-10-35)23-33-34-24-22(27-8-11-36(23)24)32-20-4-5-21(31-17(20)3)37-15-26-14-30-37/h4-5,8,11-16,18H,6-7,9-10H2,1-3H3,(H,27,32). The molecule has 37 heavy (non-hydrogen) atoms. The third-order valence-corrected chi connectivity index (χ3v) is 6.80. The fraction of sp³-hybridized carbons (Fsp3) is 0.360. The summed E-state index contributed by atoms with van der Waals surface area (Å²) in [6.07, 6.45) is 12.6. The zero-order chi connectivity index (χ0) is 25.4. The summed E-state index contributed by atoms with van der Waals surface area (Å²) in [5, 5.41) is 16.6. The number of hydrogen-bond acceptors (Lipinski definition) is 10. The largest absolute Gasteiger partial charge is 0.341 e. The first-order valence-corrected chi connectivity index (χ1v) is 12.4. The van der Waals surface area contributed by atoms with Gasteiger partial charge < -0.3 is 10.2 Å². The van der Waals surface area contributed by atoms with Crippen LogP contribution in [0.3, 0.4) is 0 Å². The molecule has 0 spiro atoms. The van der Waals surface area contributed by atoms with Gasteiger partial charge in [0, 0.05) is 43.8 Å². The van der Waals surface area contributed by atoms with Crippen LogP contribution >= 0.6 is 0 Å². The summed E-state index contributed by atoms with van der Waals surface area (Å²) in [5.41, 5.74) is 3.49. The summed E-state index contributed by atoms with van der Waals surface area (Å²) >= 11 is 0. The molecule has 0 saturated carbocycles. The Morgan fingerprint density at radius 1 is 1.03 bits per heavy atom. The maximum atomic E-state index is 4.63. The van der Waals surface area contributed by atoms with Gasteiger partial charge in [-0.05, 0) is 43.4 Å². The minimum absolute atomic E-state index is 0.293. The molecule has 0 bridgehead atoms. The van der Waals surface area contributed by atoms with Crippen molar-refractivity contribution in [2.75, 3.05) is 23.3 Å². The predicted octanol–water partition coefficient (Wildman–Crippen LogP) is 3.45. The average Bonchev–Trinajstić information content (AvgIpc) is 3.61. The first-order valence-electron chi connectivity index (χ1n) is 12.4. The summed E-state index contributed by atoms with van der Waals surface area (Å²) < 4.78 is 3.66. The van der Waals surface area contributed by atoms with Crippen molar-refractivity contribution in [3.63, 3.8) is 0 Å². The van der Waals surface area contributed by atoms with E-state index in [4.69, 9.17) is 0 Å². The number of piperidine rings is 1. The molecular weight excluding hydrogens is 468 g/mol. The number of hydrogen-bond donors (Lipinski definition) is 1. The number of nitrogens with one attached hydrogen (secondary N) is 1. The molecule has 12 nitrogen and oxygen atoms in total. The molecule has 0 amide bonds. The van der Waals surface area contributed by atoms with E-state index in [1.807, 2.05) is 42.0 Å². The van der Waals surface area contributed by atoms with E-state index >= 15 is 0 Å². The second-order valence-corrected chi connectivity index (χ2v) is 9.53. The van der Waals surface area contributed by atoms with Gasteiger partial charge >= 0.3 is 0 Å².